The number of nitrogens with one attached hydrogen (secondary N) is 2. The van der Waals surface area contributed by atoms with Crippen LogP contribution in [0.15, 0.2) is 48.7 Å². The number of carbonyl (C=O) groups excluding carboxylic acids is 2. The summed E-state index contributed by atoms with van der Waals surface area (Å²) in [6.07, 6.45) is 2.29. The average molecular weight is 311 g/mol. The molecule has 2 amide bonds. The molecule has 6 nitrogen and oxygen atoms in total. The highest BCUT2D eigenvalue weighted by molar-refractivity contribution is 6.15. The molecule has 0 spiro atoms. The average Bonchev–Trinajstić information content (AvgIpc) is 2.57. The van der Waals surface area contributed by atoms with Gasteiger partial charge in [0, 0.05) is 24.9 Å². The Hall–Kier alpha value is -2.89. The fraction of sp³-hybridized carbons (Fsp3) is 0.235. The van der Waals surface area contributed by atoms with Gasteiger partial charge in [-0.05, 0) is 31.2 Å². The molecule has 1 aromatic carbocycles. The topological polar surface area (TPSA) is 80.3 Å². The van der Waals surface area contributed by atoms with Crippen LogP contribution in [0.1, 0.15) is 12.6 Å². The number of carbonyl (C=O) groups is 2. The van der Waals surface area contributed by atoms with Gasteiger partial charge in [-0.1, -0.05) is 18.2 Å². The molecule has 0 unspecified atom stereocenters. The Morgan fingerprint density at radius 1 is 1.26 bits per heavy atom. The Bertz CT molecular complexity index is 733. The molecule has 0 aliphatic carbocycles. The molecule has 0 saturated heterocycles. The molecule has 1 aliphatic rings. The van der Waals surface area contributed by atoms with Gasteiger partial charge in [0.1, 0.15) is 5.75 Å². The molecular weight excluding hydrogens is 294 g/mol. The lowest BCUT2D eigenvalue weighted by atomic mass is 10.0. The zero-order valence-electron chi connectivity index (χ0n) is 12.7. The van der Waals surface area contributed by atoms with E-state index in [0.717, 1.165) is 5.69 Å². The zero-order valence-corrected chi connectivity index (χ0v) is 12.7. The lowest BCUT2D eigenvalue weighted by molar-refractivity contribution is -0.146. The minimum Gasteiger partial charge on any atom is -0.466 e. The molecule has 118 valence electrons. The molecule has 6 heteroatoms. The Morgan fingerprint density at radius 2 is 2.04 bits per heavy atom. The van der Waals surface area contributed by atoms with Crippen molar-refractivity contribution in [1.82, 2.24) is 10.3 Å². The van der Waals surface area contributed by atoms with E-state index in [4.69, 9.17) is 4.74 Å². The molecule has 0 radical (unpaired) electrons. The number of aromatic nitrogens is 1. The predicted molar refractivity (Wildman–Crippen MR) is 85.1 cm³/mol. The van der Waals surface area contributed by atoms with Crippen LogP contribution in [0.5, 0.6) is 5.75 Å². The predicted octanol–water partition coefficient (Wildman–Crippen LogP) is 1.53. The standard InChI is InChI=1S/C17H17N3O3/c1-17(15(21)19-11-9-12-6-4-5-10-18-12)16(22)20-13-7-2-3-8-14(13)23-17/h2-8,10H,9,11H2,1H3,(H,19,21)(H,20,22)/t17-/m0/s1. The van der Waals surface area contributed by atoms with Crippen molar-refractivity contribution < 1.29 is 14.3 Å². The first-order valence-electron chi connectivity index (χ1n) is 7.37. The Morgan fingerprint density at radius 3 is 2.83 bits per heavy atom. The first-order chi connectivity index (χ1) is 11.1. The lowest BCUT2D eigenvalue weighted by Crippen LogP contribution is -2.58. The van der Waals surface area contributed by atoms with Crippen LogP contribution in [0.3, 0.4) is 0 Å². The largest absolute Gasteiger partial charge is 0.466 e. The summed E-state index contributed by atoms with van der Waals surface area (Å²) in [6.45, 7) is 1.85. The summed E-state index contributed by atoms with van der Waals surface area (Å²) in [7, 11) is 0. The van der Waals surface area contributed by atoms with Gasteiger partial charge in [-0.2, -0.15) is 0 Å². The van der Waals surface area contributed by atoms with Crippen LogP contribution in [0.2, 0.25) is 0 Å². The van der Waals surface area contributed by atoms with Gasteiger partial charge in [-0.25, -0.2) is 0 Å². The van der Waals surface area contributed by atoms with Crippen LogP contribution in [-0.4, -0.2) is 28.9 Å². The quantitative estimate of drug-likeness (QED) is 0.839. The smallest absolute Gasteiger partial charge is 0.278 e. The molecule has 2 N–H and O–H groups in total. The molecule has 0 saturated carbocycles. The number of nitrogens with zero attached hydrogens (tertiary/aromatic N) is 1. The molecule has 3 rings (SSSR count). The van der Waals surface area contributed by atoms with E-state index in [1.807, 2.05) is 18.2 Å². The van der Waals surface area contributed by atoms with E-state index in [1.54, 1.807) is 30.5 Å². The van der Waals surface area contributed by atoms with Crippen LogP contribution in [-0.2, 0) is 16.0 Å². The number of amides is 2. The maximum atomic E-state index is 12.4. The first-order valence-corrected chi connectivity index (χ1v) is 7.37. The fourth-order valence-corrected chi connectivity index (χ4v) is 2.33. The van der Waals surface area contributed by atoms with Crippen LogP contribution in [0.25, 0.3) is 0 Å². The molecule has 0 fully saturated rings. The lowest BCUT2D eigenvalue weighted by Gasteiger charge is -2.33. The second-order valence-corrected chi connectivity index (χ2v) is 5.41. The van der Waals surface area contributed by atoms with E-state index in [-0.39, 0.29) is 0 Å². The van der Waals surface area contributed by atoms with Gasteiger partial charge < -0.3 is 15.4 Å². The highest BCUT2D eigenvalue weighted by Gasteiger charge is 2.46. The van der Waals surface area contributed by atoms with Crippen molar-refractivity contribution in [2.45, 2.75) is 18.9 Å². The Labute approximate surface area is 133 Å². The third kappa shape index (κ3) is 3.01. The third-order valence-electron chi connectivity index (χ3n) is 3.71. The van der Waals surface area contributed by atoms with Crippen LogP contribution in [0, 0.1) is 0 Å². The molecule has 23 heavy (non-hydrogen) atoms. The molecular formula is C17H17N3O3. The first kappa shape index (κ1) is 15.0. The number of hydrogen-bond donors (Lipinski definition) is 2. The number of anilines is 1. The molecule has 1 aromatic heterocycles. The van der Waals surface area contributed by atoms with Crippen molar-refractivity contribution in [2.24, 2.45) is 0 Å². The number of hydrogen-bond acceptors (Lipinski definition) is 4. The van der Waals surface area contributed by atoms with Crippen molar-refractivity contribution in [2.75, 3.05) is 11.9 Å². The summed E-state index contributed by atoms with van der Waals surface area (Å²) >= 11 is 0. The van der Waals surface area contributed by atoms with Crippen LogP contribution in [0.4, 0.5) is 5.69 Å². The van der Waals surface area contributed by atoms with Gasteiger partial charge in [-0.15, -0.1) is 0 Å². The summed E-state index contributed by atoms with van der Waals surface area (Å²) < 4.78 is 5.66. The highest BCUT2D eigenvalue weighted by atomic mass is 16.5. The summed E-state index contributed by atoms with van der Waals surface area (Å²) in [5.41, 5.74) is -0.146. The minimum atomic E-state index is -1.58. The molecule has 2 heterocycles. The summed E-state index contributed by atoms with van der Waals surface area (Å²) in [5, 5.41) is 5.44. The van der Waals surface area contributed by atoms with Crippen LogP contribution < -0.4 is 15.4 Å². The van der Waals surface area contributed by atoms with Gasteiger partial charge in [0.15, 0.2) is 0 Å². The van der Waals surface area contributed by atoms with Crippen molar-refractivity contribution >= 4 is 17.5 Å². The van der Waals surface area contributed by atoms with Gasteiger partial charge in [0.05, 0.1) is 5.69 Å². The van der Waals surface area contributed by atoms with Gasteiger partial charge >= 0.3 is 0 Å². The highest BCUT2D eigenvalue weighted by Crippen LogP contribution is 2.33. The second kappa shape index (κ2) is 6.08. The number of rotatable bonds is 4. The van der Waals surface area contributed by atoms with Crippen molar-refractivity contribution in [3.8, 4) is 5.75 Å². The van der Waals surface area contributed by atoms with E-state index in [2.05, 4.69) is 15.6 Å². The zero-order chi connectivity index (χ0) is 16.3. The van der Waals surface area contributed by atoms with Crippen molar-refractivity contribution in [1.29, 1.82) is 0 Å². The van der Waals surface area contributed by atoms with E-state index >= 15 is 0 Å². The molecule has 1 aliphatic heterocycles. The molecule has 1 atom stereocenters. The second-order valence-electron chi connectivity index (χ2n) is 5.41. The summed E-state index contributed by atoms with van der Waals surface area (Å²) in [4.78, 5) is 28.8. The third-order valence-corrected chi connectivity index (χ3v) is 3.71. The van der Waals surface area contributed by atoms with Crippen LogP contribution >= 0.6 is 0 Å². The minimum absolute atomic E-state index is 0.379. The Balaban J connectivity index is 1.65. The number of para-hydroxylation sites is 2. The van der Waals surface area contributed by atoms with E-state index < -0.39 is 17.4 Å². The van der Waals surface area contributed by atoms with Gasteiger partial charge in [-0.3, -0.25) is 14.6 Å². The number of fused-ring (bicyclic) bond motifs is 1. The fourth-order valence-electron chi connectivity index (χ4n) is 2.33. The van der Waals surface area contributed by atoms with E-state index in [1.165, 1.54) is 6.92 Å². The van der Waals surface area contributed by atoms with E-state index in [9.17, 15) is 9.59 Å². The van der Waals surface area contributed by atoms with Crippen molar-refractivity contribution in [3.05, 3.63) is 54.4 Å². The van der Waals surface area contributed by atoms with E-state index in [0.29, 0.717) is 24.4 Å². The molecule has 2 aromatic rings. The van der Waals surface area contributed by atoms with Crippen molar-refractivity contribution in [3.63, 3.8) is 0 Å². The number of ether oxygens (including phenoxy) is 1. The maximum absolute atomic E-state index is 12.4. The van der Waals surface area contributed by atoms with Gasteiger partial charge in [0.25, 0.3) is 17.4 Å². The Kier molecular flexibility index (Phi) is 3.97. The maximum Gasteiger partial charge on any atom is 0.278 e. The number of benzene rings is 1. The normalized spacial score (nSPS) is 19.3. The summed E-state index contributed by atoms with van der Waals surface area (Å²) in [5.74, 6) is -0.471. The summed E-state index contributed by atoms with van der Waals surface area (Å²) in [6, 6.07) is 12.6. The monoisotopic (exact) mass is 311 g/mol. The number of pyridine rings is 1. The van der Waals surface area contributed by atoms with Gasteiger partial charge in [0.2, 0.25) is 0 Å². The SMILES string of the molecule is C[C@@]1(C(=O)NCCc2ccccn2)Oc2ccccc2NC1=O. The molecule has 0 bridgehead atoms.